The highest BCUT2D eigenvalue weighted by Crippen LogP contribution is 2.25. The molecule has 0 aliphatic rings. The molecule has 1 N–H and O–H groups in total. The summed E-state index contributed by atoms with van der Waals surface area (Å²) in [4.78, 5) is 0. The molecule has 0 aliphatic carbocycles. The molecule has 2 aromatic carbocycles. The Hall–Kier alpha value is -2.13. The Labute approximate surface area is 117 Å². The second kappa shape index (κ2) is 5.47. The number of aromatic nitrogens is 1. The van der Waals surface area contributed by atoms with Crippen molar-refractivity contribution in [3.05, 3.63) is 66.1 Å². The molecular formula is C17H16FNO. The molecule has 20 heavy (non-hydrogen) atoms. The molecule has 102 valence electrons. The maximum absolute atomic E-state index is 13.1. The zero-order chi connectivity index (χ0) is 13.9. The second-order valence-corrected chi connectivity index (χ2v) is 4.85. The lowest BCUT2D eigenvalue weighted by molar-refractivity contribution is 0.289. The van der Waals surface area contributed by atoms with E-state index in [-0.39, 0.29) is 12.4 Å². The monoisotopic (exact) mass is 269 g/mol. The van der Waals surface area contributed by atoms with Gasteiger partial charge in [-0.1, -0.05) is 18.2 Å². The van der Waals surface area contributed by atoms with Crippen molar-refractivity contribution in [3.8, 4) is 5.69 Å². The first-order chi connectivity index (χ1) is 9.79. The Kier molecular flexibility index (Phi) is 3.52. The van der Waals surface area contributed by atoms with Crippen LogP contribution in [0.25, 0.3) is 16.6 Å². The first kappa shape index (κ1) is 12.9. The van der Waals surface area contributed by atoms with Gasteiger partial charge in [-0.3, -0.25) is 0 Å². The first-order valence-corrected chi connectivity index (χ1v) is 6.75. The van der Waals surface area contributed by atoms with Crippen molar-refractivity contribution in [2.45, 2.75) is 12.8 Å². The van der Waals surface area contributed by atoms with Crippen LogP contribution in [-0.4, -0.2) is 16.3 Å². The summed E-state index contributed by atoms with van der Waals surface area (Å²) in [5.41, 5.74) is 3.25. The van der Waals surface area contributed by atoms with Crippen molar-refractivity contribution >= 4 is 10.9 Å². The zero-order valence-electron chi connectivity index (χ0n) is 11.1. The molecule has 3 heteroatoms. The van der Waals surface area contributed by atoms with E-state index in [0.717, 1.165) is 24.0 Å². The molecule has 0 unspecified atom stereocenters. The minimum absolute atomic E-state index is 0.191. The van der Waals surface area contributed by atoms with E-state index in [9.17, 15) is 4.39 Å². The standard InChI is InChI=1S/C17H16FNO/c18-14-7-9-15(10-8-14)19-12-13(4-3-11-20)16-5-1-2-6-17(16)19/h1-2,5-10,12,20H,3-4,11H2. The molecule has 0 radical (unpaired) electrons. The quantitative estimate of drug-likeness (QED) is 0.767. The number of nitrogens with zero attached hydrogens (tertiary/aromatic N) is 1. The normalized spacial score (nSPS) is 11.1. The molecule has 0 spiro atoms. The summed E-state index contributed by atoms with van der Waals surface area (Å²) in [5.74, 6) is -0.231. The van der Waals surface area contributed by atoms with Gasteiger partial charge in [0.15, 0.2) is 0 Å². The van der Waals surface area contributed by atoms with Crippen molar-refractivity contribution in [1.29, 1.82) is 0 Å². The Morgan fingerprint density at radius 2 is 1.75 bits per heavy atom. The number of fused-ring (bicyclic) bond motifs is 1. The summed E-state index contributed by atoms with van der Waals surface area (Å²) < 4.78 is 15.1. The van der Waals surface area contributed by atoms with Crippen LogP contribution in [0.4, 0.5) is 4.39 Å². The van der Waals surface area contributed by atoms with Crippen LogP contribution in [0.15, 0.2) is 54.7 Å². The molecule has 0 fully saturated rings. The number of aryl methyl sites for hydroxylation is 1. The molecule has 0 bridgehead atoms. The fraction of sp³-hybridized carbons (Fsp3) is 0.176. The summed E-state index contributed by atoms with van der Waals surface area (Å²) in [5, 5.41) is 10.2. The van der Waals surface area contributed by atoms with Gasteiger partial charge in [0.25, 0.3) is 0 Å². The summed E-state index contributed by atoms with van der Waals surface area (Å²) in [7, 11) is 0. The molecule has 2 nitrogen and oxygen atoms in total. The Bertz CT molecular complexity index is 715. The predicted molar refractivity (Wildman–Crippen MR) is 78.6 cm³/mol. The highest BCUT2D eigenvalue weighted by Gasteiger charge is 2.09. The molecule has 1 heterocycles. The maximum Gasteiger partial charge on any atom is 0.123 e. The molecule has 1 aromatic heterocycles. The molecule has 0 saturated carbocycles. The van der Waals surface area contributed by atoms with Crippen molar-refractivity contribution < 1.29 is 9.50 Å². The van der Waals surface area contributed by atoms with Crippen molar-refractivity contribution in [1.82, 2.24) is 4.57 Å². The first-order valence-electron chi connectivity index (χ1n) is 6.75. The van der Waals surface area contributed by atoms with Gasteiger partial charge in [0.1, 0.15) is 5.82 Å². The summed E-state index contributed by atoms with van der Waals surface area (Å²) in [6.45, 7) is 0.191. The molecule has 3 rings (SSSR count). The Morgan fingerprint density at radius 3 is 2.50 bits per heavy atom. The number of aliphatic hydroxyl groups excluding tert-OH is 1. The molecule has 0 saturated heterocycles. The predicted octanol–water partition coefficient (Wildman–Crippen LogP) is 3.69. The van der Waals surface area contributed by atoms with E-state index in [1.54, 1.807) is 12.1 Å². The average Bonchev–Trinajstić information content (AvgIpc) is 2.85. The Balaban J connectivity index is 2.13. The fourth-order valence-electron chi connectivity index (χ4n) is 2.53. The largest absolute Gasteiger partial charge is 0.396 e. The van der Waals surface area contributed by atoms with E-state index in [4.69, 9.17) is 5.11 Å². The van der Waals surface area contributed by atoms with Crippen LogP contribution < -0.4 is 0 Å². The average molecular weight is 269 g/mol. The van der Waals surface area contributed by atoms with Gasteiger partial charge in [0.2, 0.25) is 0 Å². The number of aliphatic hydroxyl groups is 1. The van der Waals surface area contributed by atoms with Gasteiger partial charge < -0.3 is 9.67 Å². The lowest BCUT2D eigenvalue weighted by Gasteiger charge is -2.04. The SMILES string of the molecule is OCCCc1cn(-c2ccc(F)cc2)c2ccccc12. The molecular weight excluding hydrogens is 253 g/mol. The van der Waals surface area contributed by atoms with Crippen LogP contribution in [-0.2, 0) is 6.42 Å². The van der Waals surface area contributed by atoms with E-state index in [2.05, 4.69) is 22.9 Å². The van der Waals surface area contributed by atoms with E-state index >= 15 is 0 Å². The van der Waals surface area contributed by atoms with Crippen molar-refractivity contribution in [2.24, 2.45) is 0 Å². The van der Waals surface area contributed by atoms with Gasteiger partial charge in [0.05, 0.1) is 5.52 Å². The fourth-order valence-corrected chi connectivity index (χ4v) is 2.53. The summed E-state index contributed by atoms with van der Waals surface area (Å²) in [6, 6.07) is 14.6. The van der Waals surface area contributed by atoms with E-state index in [0.29, 0.717) is 0 Å². The lowest BCUT2D eigenvalue weighted by Crippen LogP contribution is -1.92. The molecule has 0 atom stereocenters. The number of para-hydroxylation sites is 1. The van der Waals surface area contributed by atoms with Gasteiger partial charge in [-0.25, -0.2) is 4.39 Å². The van der Waals surface area contributed by atoms with Gasteiger partial charge in [0, 0.05) is 23.9 Å². The van der Waals surface area contributed by atoms with E-state index in [1.165, 1.54) is 23.1 Å². The Morgan fingerprint density at radius 1 is 1.00 bits per heavy atom. The third kappa shape index (κ3) is 2.32. The minimum atomic E-state index is -0.231. The maximum atomic E-state index is 13.1. The highest BCUT2D eigenvalue weighted by atomic mass is 19.1. The number of rotatable bonds is 4. The van der Waals surface area contributed by atoms with E-state index in [1.807, 2.05) is 12.1 Å². The van der Waals surface area contributed by atoms with Crippen LogP contribution in [0, 0.1) is 5.82 Å². The van der Waals surface area contributed by atoms with Gasteiger partial charge in [-0.2, -0.15) is 0 Å². The number of halogens is 1. The summed E-state index contributed by atoms with van der Waals surface area (Å²) >= 11 is 0. The van der Waals surface area contributed by atoms with Crippen LogP contribution in [0.1, 0.15) is 12.0 Å². The topological polar surface area (TPSA) is 25.2 Å². The minimum Gasteiger partial charge on any atom is -0.396 e. The molecule has 3 aromatic rings. The molecule has 0 amide bonds. The van der Waals surface area contributed by atoms with Crippen LogP contribution in [0.2, 0.25) is 0 Å². The van der Waals surface area contributed by atoms with Crippen LogP contribution >= 0.6 is 0 Å². The highest BCUT2D eigenvalue weighted by molar-refractivity contribution is 5.85. The summed E-state index contributed by atoms with van der Waals surface area (Å²) in [6.07, 6.45) is 3.66. The second-order valence-electron chi connectivity index (χ2n) is 4.85. The van der Waals surface area contributed by atoms with Crippen molar-refractivity contribution in [3.63, 3.8) is 0 Å². The van der Waals surface area contributed by atoms with Gasteiger partial charge in [-0.15, -0.1) is 0 Å². The van der Waals surface area contributed by atoms with E-state index < -0.39 is 0 Å². The van der Waals surface area contributed by atoms with Gasteiger partial charge in [-0.05, 0) is 48.7 Å². The van der Waals surface area contributed by atoms with Crippen LogP contribution in [0.3, 0.4) is 0 Å². The van der Waals surface area contributed by atoms with Gasteiger partial charge >= 0.3 is 0 Å². The zero-order valence-corrected chi connectivity index (χ0v) is 11.1. The third-order valence-corrected chi connectivity index (χ3v) is 3.50. The molecule has 0 aliphatic heterocycles. The van der Waals surface area contributed by atoms with Crippen molar-refractivity contribution in [2.75, 3.05) is 6.61 Å². The lowest BCUT2D eigenvalue weighted by atomic mass is 10.1. The third-order valence-electron chi connectivity index (χ3n) is 3.50. The van der Waals surface area contributed by atoms with Crippen LogP contribution in [0.5, 0.6) is 0 Å². The smallest absolute Gasteiger partial charge is 0.123 e. The number of hydrogen-bond donors (Lipinski definition) is 1. The number of benzene rings is 2. The number of hydrogen-bond acceptors (Lipinski definition) is 1.